The average molecular weight is 528 g/mol. The maximum absolute atomic E-state index is 12.6. The third kappa shape index (κ3) is 6.20. The summed E-state index contributed by atoms with van der Waals surface area (Å²) in [5, 5.41) is 4.54. The predicted octanol–water partition coefficient (Wildman–Crippen LogP) is 7.22. The number of hydrogen-bond acceptors (Lipinski definition) is 5. The van der Waals surface area contributed by atoms with E-state index in [0.717, 1.165) is 41.1 Å². The molecule has 0 unspecified atom stereocenters. The molecule has 1 atom stereocenters. The summed E-state index contributed by atoms with van der Waals surface area (Å²) in [6, 6.07) is 17.6. The van der Waals surface area contributed by atoms with Crippen LogP contribution in [0.15, 0.2) is 59.5 Å². The number of aromatic nitrogens is 1. The van der Waals surface area contributed by atoms with Gasteiger partial charge in [-0.2, -0.15) is 0 Å². The number of carbonyl (C=O) groups is 1. The maximum atomic E-state index is 12.6. The van der Waals surface area contributed by atoms with Crippen LogP contribution in [0.2, 0.25) is 23.2 Å². The first-order chi connectivity index (χ1) is 16.5. The van der Waals surface area contributed by atoms with E-state index in [4.69, 9.17) is 21.0 Å². The third-order valence-corrected chi connectivity index (χ3v) is 12.8. The van der Waals surface area contributed by atoms with Crippen molar-refractivity contribution in [3.63, 3.8) is 0 Å². The van der Waals surface area contributed by atoms with Gasteiger partial charge in [-0.15, -0.1) is 11.8 Å². The number of nitrogens with one attached hydrogen (secondary N) is 1. The van der Waals surface area contributed by atoms with Crippen molar-refractivity contribution in [1.82, 2.24) is 4.98 Å². The molecule has 186 valence electrons. The monoisotopic (exact) mass is 527 g/mol. The van der Waals surface area contributed by atoms with Gasteiger partial charge in [0.15, 0.2) is 8.32 Å². The van der Waals surface area contributed by atoms with E-state index in [1.165, 1.54) is 11.8 Å². The number of amides is 1. The Bertz CT molecular complexity index is 1200. The maximum Gasteiger partial charge on any atom is 0.234 e. The molecule has 1 amide bonds. The highest BCUT2D eigenvalue weighted by molar-refractivity contribution is 8.00. The van der Waals surface area contributed by atoms with Crippen LogP contribution < -0.4 is 10.2 Å². The van der Waals surface area contributed by atoms with Crippen LogP contribution in [0, 0.1) is 0 Å². The number of halogens is 1. The van der Waals surface area contributed by atoms with E-state index in [-0.39, 0.29) is 17.0 Å². The van der Waals surface area contributed by atoms with Gasteiger partial charge in [0.05, 0.1) is 28.1 Å². The molecule has 0 bridgehead atoms. The number of carbonyl (C=O) groups excluding carboxylic acids is 1. The lowest BCUT2D eigenvalue weighted by Gasteiger charge is -2.38. The lowest BCUT2D eigenvalue weighted by molar-refractivity contribution is -0.113. The fourth-order valence-electron chi connectivity index (χ4n) is 3.94. The minimum atomic E-state index is -1.81. The lowest BCUT2D eigenvalue weighted by Crippen LogP contribution is -2.44. The smallest absolute Gasteiger partial charge is 0.234 e. The first kappa shape index (κ1) is 26.0. The standard InChI is InChI=1S/C27H34ClN3O2SSi/c1-27(2,3)35(4,5)33-19-15-16-31(17-19)24-14-11-21-23(29-24)13-12-22(28)26(21)30-25(32)18-34-20-9-7-6-8-10-20/h6-14,19H,15-18H2,1-5H3,(H,30,32)/t19-/m1/s1. The molecule has 0 aliphatic carbocycles. The molecule has 3 aromatic rings. The zero-order valence-electron chi connectivity index (χ0n) is 21.1. The molecular formula is C27H34ClN3O2SSi. The Morgan fingerprint density at radius 2 is 1.91 bits per heavy atom. The molecule has 8 heteroatoms. The van der Waals surface area contributed by atoms with E-state index in [0.29, 0.717) is 16.5 Å². The van der Waals surface area contributed by atoms with Crippen molar-refractivity contribution in [1.29, 1.82) is 0 Å². The summed E-state index contributed by atoms with van der Waals surface area (Å²) in [5.41, 5.74) is 1.43. The van der Waals surface area contributed by atoms with Crippen LogP contribution in [0.5, 0.6) is 0 Å². The zero-order chi connectivity index (χ0) is 25.2. The van der Waals surface area contributed by atoms with Crippen LogP contribution in [0.1, 0.15) is 27.2 Å². The number of anilines is 2. The third-order valence-electron chi connectivity index (χ3n) is 6.92. The average Bonchev–Trinajstić information content (AvgIpc) is 3.27. The van der Waals surface area contributed by atoms with E-state index in [2.05, 4.69) is 44.1 Å². The minimum absolute atomic E-state index is 0.0949. The second kappa shape index (κ2) is 10.5. The summed E-state index contributed by atoms with van der Waals surface area (Å²) >= 11 is 7.97. The van der Waals surface area contributed by atoms with Crippen LogP contribution in [0.25, 0.3) is 10.9 Å². The fourth-order valence-corrected chi connectivity index (χ4v) is 6.25. The van der Waals surface area contributed by atoms with Crippen molar-refractivity contribution >= 4 is 60.0 Å². The molecular weight excluding hydrogens is 494 g/mol. The summed E-state index contributed by atoms with van der Waals surface area (Å²) in [6.45, 7) is 13.2. The Morgan fingerprint density at radius 3 is 2.63 bits per heavy atom. The number of fused-ring (bicyclic) bond motifs is 1. The topological polar surface area (TPSA) is 54.5 Å². The van der Waals surface area contributed by atoms with E-state index >= 15 is 0 Å². The molecule has 35 heavy (non-hydrogen) atoms. The molecule has 1 fully saturated rings. The number of thioether (sulfide) groups is 1. The molecule has 0 spiro atoms. The van der Waals surface area contributed by atoms with Gasteiger partial charge in [-0.05, 0) is 61.0 Å². The molecule has 1 aliphatic rings. The number of pyridine rings is 1. The SMILES string of the molecule is CC(C)(C)[Si](C)(C)O[C@@H]1CCN(c2ccc3c(NC(=O)CSc4ccccc4)c(Cl)ccc3n2)C1. The van der Waals surface area contributed by atoms with Gasteiger partial charge < -0.3 is 14.6 Å². The van der Waals surface area contributed by atoms with Gasteiger partial charge in [0.1, 0.15) is 5.82 Å². The fraction of sp³-hybridized carbons (Fsp3) is 0.407. The molecule has 5 nitrogen and oxygen atoms in total. The van der Waals surface area contributed by atoms with Crippen molar-refractivity contribution in [2.24, 2.45) is 0 Å². The molecule has 1 saturated heterocycles. The van der Waals surface area contributed by atoms with E-state index < -0.39 is 8.32 Å². The molecule has 2 aromatic carbocycles. The Hall–Kier alpha value is -2.06. The zero-order valence-corrected chi connectivity index (χ0v) is 23.7. The summed E-state index contributed by atoms with van der Waals surface area (Å²) in [6.07, 6.45) is 1.24. The van der Waals surface area contributed by atoms with Gasteiger partial charge >= 0.3 is 0 Å². The van der Waals surface area contributed by atoms with Crippen molar-refractivity contribution < 1.29 is 9.22 Å². The largest absolute Gasteiger partial charge is 0.412 e. The first-order valence-electron chi connectivity index (χ1n) is 12.0. The molecule has 4 rings (SSSR count). The van der Waals surface area contributed by atoms with Gasteiger partial charge in [0, 0.05) is 23.4 Å². The Morgan fingerprint density at radius 1 is 1.17 bits per heavy atom. The molecule has 0 saturated carbocycles. The van der Waals surface area contributed by atoms with Gasteiger partial charge in [-0.3, -0.25) is 4.79 Å². The Kier molecular flexibility index (Phi) is 7.81. The highest BCUT2D eigenvalue weighted by Crippen LogP contribution is 2.39. The summed E-state index contributed by atoms with van der Waals surface area (Å²) in [5.74, 6) is 1.14. The molecule has 1 aliphatic heterocycles. The highest BCUT2D eigenvalue weighted by atomic mass is 35.5. The quantitative estimate of drug-likeness (QED) is 0.259. The second-order valence-electron chi connectivity index (χ2n) is 10.5. The van der Waals surface area contributed by atoms with Gasteiger partial charge in [0.2, 0.25) is 5.91 Å². The van der Waals surface area contributed by atoms with Gasteiger partial charge in [0.25, 0.3) is 0 Å². The molecule has 0 radical (unpaired) electrons. The molecule has 1 aromatic heterocycles. The highest BCUT2D eigenvalue weighted by Gasteiger charge is 2.40. The van der Waals surface area contributed by atoms with Crippen molar-refractivity contribution in [2.45, 2.75) is 56.3 Å². The van der Waals surface area contributed by atoms with Crippen LogP contribution in [0.4, 0.5) is 11.5 Å². The predicted molar refractivity (Wildman–Crippen MR) is 151 cm³/mol. The second-order valence-corrected chi connectivity index (χ2v) is 16.8. The summed E-state index contributed by atoms with van der Waals surface area (Å²) < 4.78 is 6.64. The number of hydrogen-bond donors (Lipinski definition) is 1. The van der Waals surface area contributed by atoms with E-state index in [9.17, 15) is 4.79 Å². The van der Waals surface area contributed by atoms with Crippen LogP contribution in [-0.2, 0) is 9.22 Å². The minimum Gasteiger partial charge on any atom is -0.412 e. The van der Waals surface area contributed by atoms with Crippen molar-refractivity contribution in [3.8, 4) is 0 Å². The van der Waals surface area contributed by atoms with Gasteiger partial charge in [-0.25, -0.2) is 4.98 Å². The molecule has 1 N–H and O–H groups in total. The Labute approximate surface area is 218 Å². The number of rotatable bonds is 7. The van der Waals surface area contributed by atoms with Crippen LogP contribution in [0.3, 0.4) is 0 Å². The lowest BCUT2D eigenvalue weighted by atomic mass is 10.1. The summed E-state index contributed by atoms with van der Waals surface area (Å²) in [7, 11) is -1.81. The van der Waals surface area contributed by atoms with Gasteiger partial charge in [-0.1, -0.05) is 50.6 Å². The Balaban J connectivity index is 1.45. The van der Waals surface area contributed by atoms with Crippen molar-refractivity contribution in [2.75, 3.05) is 29.1 Å². The van der Waals surface area contributed by atoms with Crippen LogP contribution >= 0.6 is 23.4 Å². The van der Waals surface area contributed by atoms with E-state index in [1.807, 2.05) is 48.5 Å². The van der Waals surface area contributed by atoms with E-state index in [1.54, 1.807) is 6.07 Å². The first-order valence-corrected chi connectivity index (χ1v) is 16.3. The van der Waals surface area contributed by atoms with Crippen molar-refractivity contribution in [3.05, 3.63) is 59.6 Å². The number of nitrogens with zero attached hydrogens (tertiary/aromatic N) is 2. The normalized spacial score (nSPS) is 16.6. The summed E-state index contributed by atoms with van der Waals surface area (Å²) in [4.78, 5) is 20.9. The van der Waals surface area contributed by atoms with Crippen LogP contribution in [-0.4, -0.2) is 44.2 Å². The number of benzene rings is 2. The molecule has 2 heterocycles.